The van der Waals surface area contributed by atoms with Crippen molar-refractivity contribution >= 4 is 11.3 Å². The molecule has 62 valence electrons. The molecule has 0 fully saturated rings. The van der Waals surface area contributed by atoms with Crippen molar-refractivity contribution in [1.29, 1.82) is 0 Å². The van der Waals surface area contributed by atoms with E-state index in [1.54, 1.807) is 0 Å². The molecule has 0 rings (SSSR count). The highest BCUT2D eigenvalue weighted by atomic mass is 32.2. The van der Waals surface area contributed by atoms with Gasteiger partial charge in [0, 0.05) is 24.4 Å². The Morgan fingerprint density at radius 1 is 1.60 bits per heavy atom. The summed E-state index contributed by atoms with van der Waals surface area (Å²) in [6, 6.07) is 0. The molecule has 0 amide bonds. The zero-order valence-electron chi connectivity index (χ0n) is 5.96. The van der Waals surface area contributed by atoms with Crippen LogP contribution < -0.4 is 4.72 Å². The Labute approximate surface area is 63.4 Å². The SMILES string of the molecule is CCCOCCNS(=O)[O-]. The fourth-order valence-corrected chi connectivity index (χ4v) is 0.694. The molecule has 0 bridgehead atoms. The fourth-order valence-electron chi connectivity index (χ4n) is 0.444. The second kappa shape index (κ2) is 7.14. The maximum atomic E-state index is 9.87. The highest BCUT2D eigenvalue weighted by molar-refractivity contribution is 7.77. The summed E-state index contributed by atoms with van der Waals surface area (Å²) in [6.45, 7) is 3.49. The van der Waals surface area contributed by atoms with Crippen LogP contribution in [0.4, 0.5) is 0 Å². The predicted molar refractivity (Wildman–Crippen MR) is 38.0 cm³/mol. The molecule has 0 aromatic carbocycles. The smallest absolute Gasteiger partial charge is 0.0600 e. The second-order valence-corrected chi connectivity index (χ2v) is 2.50. The first-order valence-corrected chi connectivity index (χ1v) is 4.25. The standard InChI is InChI=1S/C5H13NO3S/c1-2-4-9-5-3-6-10(7)8/h6H,2-5H2,1H3,(H,7,8)/p-1. The van der Waals surface area contributed by atoms with Crippen LogP contribution in [0.3, 0.4) is 0 Å². The van der Waals surface area contributed by atoms with Crippen LogP contribution in [0.2, 0.25) is 0 Å². The number of ether oxygens (including phenoxy) is 1. The molecule has 10 heavy (non-hydrogen) atoms. The highest BCUT2D eigenvalue weighted by Gasteiger charge is 1.84. The summed E-state index contributed by atoms with van der Waals surface area (Å²) in [7, 11) is 0. The van der Waals surface area contributed by atoms with Gasteiger partial charge in [0.2, 0.25) is 0 Å². The van der Waals surface area contributed by atoms with Gasteiger partial charge in [-0.1, -0.05) is 6.92 Å². The molecular formula is C5H12NO3S-. The molecule has 0 heterocycles. The minimum absolute atomic E-state index is 0.357. The van der Waals surface area contributed by atoms with Gasteiger partial charge in [0.05, 0.1) is 6.61 Å². The summed E-state index contributed by atoms with van der Waals surface area (Å²) < 4.78 is 26.9. The Morgan fingerprint density at radius 2 is 2.30 bits per heavy atom. The average molecular weight is 166 g/mol. The summed E-state index contributed by atoms with van der Waals surface area (Å²) in [4.78, 5) is 0. The molecule has 0 aromatic rings. The molecule has 0 aliphatic carbocycles. The molecule has 0 aliphatic rings. The van der Waals surface area contributed by atoms with Gasteiger partial charge in [-0.25, -0.2) is 4.72 Å². The second-order valence-electron chi connectivity index (χ2n) is 1.74. The first-order valence-electron chi connectivity index (χ1n) is 3.18. The lowest BCUT2D eigenvalue weighted by atomic mass is 10.5. The summed E-state index contributed by atoms with van der Waals surface area (Å²) in [5.41, 5.74) is 0. The Kier molecular flexibility index (Phi) is 7.16. The van der Waals surface area contributed by atoms with Crippen LogP contribution in [-0.4, -0.2) is 28.5 Å². The predicted octanol–water partition coefficient (Wildman–Crippen LogP) is -0.203. The van der Waals surface area contributed by atoms with Gasteiger partial charge >= 0.3 is 0 Å². The molecule has 0 aromatic heterocycles. The van der Waals surface area contributed by atoms with Crippen LogP contribution >= 0.6 is 0 Å². The van der Waals surface area contributed by atoms with Crippen molar-refractivity contribution in [2.45, 2.75) is 13.3 Å². The Balaban J connectivity index is 2.84. The summed E-state index contributed by atoms with van der Waals surface area (Å²) in [6.07, 6.45) is 0.959. The van der Waals surface area contributed by atoms with E-state index in [9.17, 15) is 8.76 Å². The lowest BCUT2D eigenvalue weighted by Crippen LogP contribution is -2.21. The number of rotatable bonds is 6. The van der Waals surface area contributed by atoms with Crippen molar-refractivity contribution in [3.63, 3.8) is 0 Å². The first kappa shape index (κ1) is 10.0. The lowest BCUT2D eigenvalue weighted by molar-refractivity contribution is 0.140. The molecule has 0 radical (unpaired) electrons. The topological polar surface area (TPSA) is 61.4 Å². The maximum Gasteiger partial charge on any atom is 0.0600 e. The number of hydrogen-bond donors (Lipinski definition) is 1. The van der Waals surface area contributed by atoms with E-state index >= 15 is 0 Å². The van der Waals surface area contributed by atoms with E-state index in [4.69, 9.17) is 4.74 Å². The summed E-state index contributed by atoms with van der Waals surface area (Å²) >= 11 is -2.15. The summed E-state index contributed by atoms with van der Waals surface area (Å²) in [5, 5.41) is 0. The molecule has 1 atom stereocenters. The minimum Gasteiger partial charge on any atom is -0.760 e. The van der Waals surface area contributed by atoms with E-state index in [2.05, 4.69) is 4.72 Å². The Morgan fingerprint density at radius 3 is 2.80 bits per heavy atom. The van der Waals surface area contributed by atoms with Crippen LogP contribution in [0.15, 0.2) is 0 Å². The van der Waals surface area contributed by atoms with Crippen molar-refractivity contribution in [3.05, 3.63) is 0 Å². The highest BCUT2D eigenvalue weighted by Crippen LogP contribution is 1.77. The van der Waals surface area contributed by atoms with Crippen LogP contribution in [0, 0.1) is 0 Å². The van der Waals surface area contributed by atoms with E-state index in [1.165, 1.54) is 0 Å². The van der Waals surface area contributed by atoms with Gasteiger partial charge in [-0.05, 0) is 6.42 Å². The quantitative estimate of drug-likeness (QED) is 0.439. The van der Waals surface area contributed by atoms with E-state index in [-0.39, 0.29) is 0 Å². The maximum absolute atomic E-state index is 9.87. The van der Waals surface area contributed by atoms with Gasteiger partial charge in [0.15, 0.2) is 0 Å². The largest absolute Gasteiger partial charge is 0.760 e. The molecule has 0 saturated heterocycles. The molecule has 0 saturated carbocycles. The third kappa shape index (κ3) is 8.03. The van der Waals surface area contributed by atoms with Gasteiger partial charge in [0.25, 0.3) is 0 Å². The van der Waals surface area contributed by atoms with Crippen LogP contribution in [0.25, 0.3) is 0 Å². The van der Waals surface area contributed by atoms with Gasteiger partial charge in [-0.15, -0.1) is 0 Å². The molecule has 0 aliphatic heterocycles. The fraction of sp³-hybridized carbons (Fsp3) is 1.00. The summed E-state index contributed by atoms with van der Waals surface area (Å²) in [5.74, 6) is 0. The van der Waals surface area contributed by atoms with Gasteiger partial charge in [-0.2, -0.15) is 0 Å². The van der Waals surface area contributed by atoms with Crippen molar-refractivity contribution < 1.29 is 13.5 Å². The normalized spacial score (nSPS) is 13.4. The molecule has 1 unspecified atom stereocenters. The third-order valence-electron chi connectivity index (χ3n) is 0.815. The van der Waals surface area contributed by atoms with Gasteiger partial charge < -0.3 is 9.29 Å². The lowest BCUT2D eigenvalue weighted by Gasteiger charge is -2.06. The van der Waals surface area contributed by atoms with Gasteiger partial charge in [0.1, 0.15) is 0 Å². The number of hydrogen-bond acceptors (Lipinski definition) is 3. The minimum atomic E-state index is -2.15. The molecule has 4 nitrogen and oxygen atoms in total. The molecule has 1 N–H and O–H groups in total. The third-order valence-corrected chi connectivity index (χ3v) is 1.25. The van der Waals surface area contributed by atoms with E-state index in [0.717, 1.165) is 6.42 Å². The Hall–Kier alpha value is 0.0300. The molecule has 0 spiro atoms. The van der Waals surface area contributed by atoms with Gasteiger partial charge in [-0.3, -0.25) is 4.21 Å². The Bertz CT molecular complexity index is 98.9. The number of nitrogens with one attached hydrogen (secondary N) is 1. The molecular weight excluding hydrogens is 154 g/mol. The monoisotopic (exact) mass is 166 g/mol. The van der Waals surface area contributed by atoms with Crippen LogP contribution in [-0.2, 0) is 16.0 Å². The zero-order chi connectivity index (χ0) is 7.82. The van der Waals surface area contributed by atoms with Crippen LogP contribution in [0.5, 0.6) is 0 Å². The first-order chi connectivity index (χ1) is 4.77. The average Bonchev–Trinajstić information content (AvgIpc) is 1.87. The van der Waals surface area contributed by atoms with Crippen LogP contribution in [0.1, 0.15) is 13.3 Å². The zero-order valence-corrected chi connectivity index (χ0v) is 6.78. The van der Waals surface area contributed by atoms with E-state index < -0.39 is 11.3 Å². The van der Waals surface area contributed by atoms with Crippen molar-refractivity contribution in [2.24, 2.45) is 0 Å². The van der Waals surface area contributed by atoms with Crippen molar-refractivity contribution in [3.8, 4) is 0 Å². The van der Waals surface area contributed by atoms with Crippen molar-refractivity contribution in [2.75, 3.05) is 19.8 Å². The van der Waals surface area contributed by atoms with Crippen molar-refractivity contribution in [1.82, 2.24) is 4.72 Å². The van der Waals surface area contributed by atoms with E-state index in [1.807, 2.05) is 6.92 Å². The van der Waals surface area contributed by atoms with E-state index in [0.29, 0.717) is 19.8 Å². The molecule has 5 heteroatoms.